The molecule has 4 N–H and O–H groups in total. The molecular formula is C28H35N5O5. The lowest BCUT2D eigenvalue weighted by atomic mass is 10.0. The van der Waals surface area contributed by atoms with Gasteiger partial charge in [-0.2, -0.15) is 0 Å². The van der Waals surface area contributed by atoms with Crippen LogP contribution in [0.2, 0.25) is 0 Å². The van der Waals surface area contributed by atoms with E-state index in [4.69, 9.17) is 5.73 Å². The first-order valence-electron chi connectivity index (χ1n) is 13.1. The van der Waals surface area contributed by atoms with Crippen LogP contribution in [0, 0.1) is 0 Å². The number of aromatic nitrogens is 1. The number of carboxylic acid groups (broad SMARTS) is 1. The summed E-state index contributed by atoms with van der Waals surface area (Å²) < 4.78 is 0. The van der Waals surface area contributed by atoms with Crippen molar-refractivity contribution in [2.75, 3.05) is 13.1 Å². The topological polar surface area (TPSA) is 146 Å². The number of aliphatic carboxylic acids is 1. The summed E-state index contributed by atoms with van der Waals surface area (Å²) >= 11 is 0. The van der Waals surface area contributed by atoms with Gasteiger partial charge in [0.15, 0.2) is 0 Å². The molecule has 0 unspecified atom stereocenters. The van der Waals surface area contributed by atoms with Crippen LogP contribution in [0.15, 0.2) is 54.9 Å². The van der Waals surface area contributed by atoms with Gasteiger partial charge in [-0.05, 0) is 55.7 Å². The van der Waals surface area contributed by atoms with Crippen LogP contribution in [0.5, 0.6) is 0 Å². The Labute approximate surface area is 222 Å². The van der Waals surface area contributed by atoms with Gasteiger partial charge in [0.1, 0.15) is 12.1 Å². The number of nitrogens with two attached hydrogens (primary N) is 1. The molecule has 10 heteroatoms. The highest BCUT2D eigenvalue weighted by molar-refractivity contribution is 5.94. The molecule has 0 aliphatic carbocycles. The maximum Gasteiger partial charge on any atom is 0.305 e. The summed E-state index contributed by atoms with van der Waals surface area (Å²) in [5.41, 5.74) is 7.99. The van der Waals surface area contributed by atoms with Crippen LogP contribution >= 0.6 is 0 Å². The highest BCUT2D eigenvalue weighted by Gasteiger charge is 2.43. The predicted octanol–water partition coefficient (Wildman–Crippen LogP) is 1.14. The number of benzene rings is 1. The summed E-state index contributed by atoms with van der Waals surface area (Å²) in [5.74, 6) is -1.90. The molecule has 0 spiro atoms. The molecule has 10 nitrogen and oxygen atoms in total. The lowest BCUT2D eigenvalue weighted by Gasteiger charge is -2.32. The number of nitrogens with one attached hydrogen (secondary N) is 1. The van der Waals surface area contributed by atoms with E-state index in [-0.39, 0.29) is 24.1 Å². The zero-order chi connectivity index (χ0) is 27.1. The van der Waals surface area contributed by atoms with Crippen LogP contribution in [-0.2, 0) is 32.0 Å². The normalized spacial score (nSPS) is 20.7. The van der Waals surface area contributed by atoms with E-state index in [1.165, 1.54) is 0 Å². The van der Waals surface area contributed by atoms with Gasteiger partial charge in [0.2, 0.25) is 17.7 Å². The molecule has 2 aromatic rings. The Morgan fingerprint density at radius 2 is 1.63 bits per heavy atom. The molecule has 38 heavy (non-hydrogen) atoms. The summed E-state index contributed by atoms with van der Waals surface area (Å²) in [4.78, 5) is 58.7. The number of rotatable bonds is 10. The Hall–Kier alpha value is -3.79. The van der Waals surface area contributed by atoms with Gasteiger partial charge in [-0.1, -0.05) is 36.4 Å². The quantitative estimate of drug-likeness (QED) is 0.425. The van der Waals surface area contributed by atoms with Crippen molar-refractivity contribution in [2.24, 2.45) is 5.73 Å². The molecule has 4 rings (SSSR count). The zero-order valence-corrected chi connectivity index (χ0v) is 21.4. The van der Waals surface area contributed by atoms with E-state index < -0.39 is 30.1 Å². The fourth-order valence-corrected chi connectivity index (χ4v) is 5.44. The summed E-state index contributed by atoms with van der Waals surface area (Å²) in [6.45, 7) is 0.859. The van der Waals surface area contributed by atoms with Gasteiger partial charge in [0.25, 0.3) is 0 Å². The fourth-order valence-electron chi connectivity index (χ4n) is 5.44. The Bertz CT molecular complexity index is 1130. The first kappa shape index (κ1) is 27.3. The van der Waals surface area contributed by atoms with E-state index in [0.29, 0.717) is 51.6 Å². The van der Waals surface area contributed by atoms with Crippen molar-refractivity contribution in [3.8, 4) is 0 Å². The maximum absolute atomic E-state index is 13.6. The van der Waals surface area contributed by atoms with Crippen molar-refractivity contribution in [1.29, 1.82) is 0 Å². The Balaban J connectivity index is 1.41. The first-order valence-corrected chi connectivity index (χ1v) is 13.1. The van der Waals surface area contributed by atoms with Crippen LogP contribution in [0.4, 0.5) is 0 Å². The summed E-state index contributed by atoms with van der Waals surface area (Å²) in [6.07, 6.45) is 6.15. The molecule has 1 aromatic carbocycles. The average Bonchev–Trinajstić information content (AvgIpc) is 3.59. The van der Waals surface area contributed by atoms with Crippen molar-refractivity contribution >= 4 is 23.7 Å². The average molecular weight is 522 g/mol. The fraction of sp³-hybridized carbons (Fsp3) is 0.464. The Kier molecular flexibility index (Phi) is 9.06. The van der Waals surface area contributed by atoms with E-state index in [2.05, 4.69) is 10.3 Å². The van der Waals surface area contributed by atoms with E-state index in [9.17, 15) is 24.3 Å². The molecule has 2 saturated heterocycles. The smallest absolute Gasteiger partial charge is 0.305 e. The van der Waals surface area contributed by atoms with Crippen molar-refractivity contribution in [3.63, 3.8) is 0 Å². The standard InChI is InChI=1S/C28H35N5O5/c29-22(16-20-9-4-12-30-18-20)27(37)33-14-6-11-24(33)28(38)32-13-5-10-23(32)26(36)31-21(17-25(34)35)15-19-7-2-1-3-8-19/h1-4,7-9,12,18,21-24H,5-6,10-11,13-17,29H2,(H,31,36)(H,34,35)/t21-,22-,23-,24-/m0/s1. The minimum Gasteiger partial charge on any atom is -0.481 e. The lowest BCUT2D eigenvalue weighted by molar-refractivity contribution is -0.147. The summed E-state index contributed by atoms with van der Waals surface area (Å²) in [6, 6.07) is 10.3. The Morgan fingerprint density at radius 3 is 2.32 bits per heavy atom. The van der Waals surface area contributed by atoms with Gasteiger partial charge in [-0.15, -0.1) is 0 Å². The van der Waals surface area contributed by atoms with Gasteiger partial charge in [0.05, 0.1) is 12.5 Å². The number of nitrogens with zero attached hydrogens (tertiary/aromatic N) is 3. The van der Waals surface area contributed by atoms with Gasteiger partial charge in [0, 0.05) is 31.5 Å². The second kappa shape index (κ2) is 12.6. The van der Waals surface area contributed by atoms with Crippen molar-refractivity contribution in [2.45, 2.75) is 69.1 Å². The molecule has 0 bridgehead atoms. The van der Waals surface area contributed by atoms with Gasteiger partial charge >= 0.3 is 5.97 Å². The van der Waals surface area contributed by atoms with Gasteiger partial charge < -0.3 is 26.0 Å². The molecule has 202 valence electrons. The van der Waals surface area contributed by atoms with E-state index in [1.54, 1.807) is 28.3 Å². The number of hydrogen-bond donors (Lipinski definition) is 3. The molecule has 4 atom stereocenters. The molecular weight excluding hydrogens is 486 g/mol. The monoisotopic (exact) mass is 521 g/mol. The van der Waals surface area contributed by atoms with Gasteiger partial charge in [-0.25, -0.2) is 0 Å². The molecule has 2 aliphatic heterocycles. The van der Waals surface area contributed by atoms with Crippen molar-refractivity contribution in [1.82, 2.24) is 20.1 Å². The summed E-state index contributed by atoms with van der Waals surface area (Å²) in [7, 11) is 0. The number of hydrogen-bond acceptors (Lipinski definition) is 6. The number of likely N-dealkylation sites (tertiary alicyclic amines) is 2. The first-order chi connectivity index (χ1) is 18.3. The largest absolute Gasteiger partial charge is 0.481 e. The molecule has 0 radical (unpaired) electrons. The second-order valence-corrected chi connectivity index (χ2v) is 10.0. The highest BCUT2D eigenvalue weighted by atomic mass is 16.4. The minimum absolute atomic E-state index is 0.221. The van der Waals surface area contributed by atoms with E-state index in [0.717, 1.165) is 11.1 Å². The third-order valence-corrected chi connectivity index (χ3v) is 7.25. The number of carbonyl (C=O) groups is 4. The molecule has 2 aliphatic rings. The number of pyridine rings is 1. The van der Waals surface area contributed by atoms with E-state index in [1.807, 2.05) is 36.4 Å². The molecule has 1 aromatic heterocycles. The number of carbonyl (C=O) groups excluding carboxylic acids is 3. The van der Waals surface area contributed by atoms with Crippen molar-refractivity contribution in [3.05, 3.63) is 66.0 Å². The number of amides is 3. The van der Waals surface area contributed by atoms with Crippen LogP contribution < -0.4 is 11.1 Å². The molecule has 2 fully saturated rings. The van der Waals surface area contributed by atoms with Crippen LogP contribution in [0.25, 0.3) is 0 Å². The third kappa shape index (κ3) is 6.74. The number of carboxylic acids is 1. The molecule has 0 saturated carbocycles. The van der Waals surface area contributed by atoms with Crippen LogP contribution in [-0.4, -0.2) is 80.8 Å². The Morgan fingerprint density at radius 1 is 0.947 bits per heavy atom. The lowest BCUT2D eigenvalue weighted by Crippen LogP contribution is -2.56. The zero-order valence-electron chi connectivity index (χ0n) is 21.4. The SMILES string of the molecule is N[C@@H](Cc1cccnc1)C(=O)N1CCC[C@H]1C(=O)N1CCC[C@H]1C(=O)N[C@H](CC(=O)O)Cc1ccccc1. The summed E-state index contributed by atoms with van der Waals surface area (Å²) in [5, 5.41) is 12.2. The molecule has 3 heterocycles. The van der Waals surface area contributed by atoms with E-state index >= 15 is 0 Å². The molecule has 3 amide bonds. The highest BCUT2D eigenvalue weighted by Crippen LogP contribution is 2.26. The van der Waals surface area contributed by atoms with Crippen LogP contribution in [0.3, 0.4) is 0 Å². The third-order valence-electron chi connectivity index (χ3n) is 7.25. The predicted molar refractivity (Wildman–Crippen MR) is 140 cm³/mol. The minimum atomic E-state index is -1.01. The van der Waals surface area contributed by atoms with Crippen molar-refractivity contribution < 1.29 is 24.3 Å². The second-order valence-electron chi connectivity index (χ2n) is 10.0. The van der Waals surface area contributed by atoms with Gasteiger partial charge in [-0.3, -0.25) is 24.2 Å². The maximum atomic E-state index is 13.6. The van der Waals surface area contributed by atoms with Crippen LogP contribution in [0.1, 0.15) is 43.2 Å².